The minimum atomic E-state index is -0.934. The predicted octanol–water partition coefficient (Wildman–Crippen LogP) is 2.93. The second-order valence-corrected chi connectivity index (χ2v) is 4.20. The van der Waals surface area contributed by atoms with Crippen LogP contribution in [0.3, 0.4) is 0 Å². The summed E-state index contributed by atoms with van der Waals surface area (Å²) < 4.78 is 0. The average Bonchev–Trinajstić information content (AvgIpc) is 2.16. The number of aryl methyl sites for hydroxylation is 2. The van der Waals surface area contributed by atoms with Gasteiger partial charge in [0.25, 0.3) is 0 Å². The first-order chi connectivity index (χ1) is 7.95. The Balaban J connectivity index is 0.000000302. The zero-order valence-electron chi connectivity index (χ0n) is 10.8. The van der Waals surface area contributed by atoms with Crippen molar-refractivity contribution in [2.75, 3.05) is 0 Å². The van der Waals surface area contributed by atoms with Crippen molar-refractivity contribution >= 4 is 5.97 Å². The fourth-order valence-electron chi connectivity index (χ4n) is 1.44. The highest BCUT2D eigenvalue weighted by atomic mass is 16.4. The van der Waals surface area contributed by atoms with Crippen LogP contribution in [-0.2, 0) is 4.79 Å². The van der Waals surface area contributed by atoms with Gasteiger partial charge in [-0.15, -0.1) is 0 Å². The lowest BCUT2D eigenvalue weighted by molar-refractivity contribution is -0.139. The first-order valence-electron chi connectivity index (χ1n) is 5.88. The van der Waals surface area contributed by atoms with E-state index in [1.165, 1.54) is 11.1 Å². The summed E-state index contributed by atoms with van der Waals surface area (Å²) in [7, 11) is 0. The molecule has 0 bridgehead atoms. The second-order valence-electron chi connectivity index (χ2n) is 4.20. The monoisotopic (exact) mass is 238 g/mol. The van der Waals surface area contributed by atoms with Crippen LogP contribution in [0.5, 0.6) is 0 Å². The molecule has 1 atom stereocenters. The molecule has 0 aliphatic rings. The number of aliphatic hydroxyl groups is 1. The number of hydrogen-bond acceptors (Lipinski definition) is 2. The van der Waals surface area contributed by atoms with Gasteiger partial charge in [-0.1, -0.05) is 48.7 Å². The first kappa shape index (κ1) is 15.7. The van der Waals surface area contributed by atoms with Gasteiger partial charge in [0.2, 0.25) is 0 Å². The molecule has 0 amide bonds. The number of aliphatic hydroxyl groups excluding tert-OH is 1. The number of aliphatic carboxylic acids is 1. The molecule has 2 N–H and O–H groups in total. The van der Waals surface area contributed by atoms with E-state index in [2.05, 4.69) is 38.1 Å². The summed E-state index contributed by atoms with van der Waals surface area (Å²) in [6, 6.07) is 8.45. The maximum absolute atomic E-state index is 9.92. The van der Waals surface area contributed by atoms with Gasteiger partial charge in [0.15, 0.2) is 0 Å². The predicted molar refractivity (Wildman–Crippen MR) is 69.1 cm³/mol. The summed E-state index contributed by atoms with van der Waals surface area (Å²) >= 11 is 0. The van der Waals surface area contributed by atoms with Crippen molar-refractivity contribution < 1.29 is 15.0 Å². The molecule has 0 saturated carbocycles. The fraction of sp³-hybridized carbons (Fsp3) is 0.500. The van der Waals surface area contributed by atoms with Gasteiger partial charge in [-0.2, -0.15) is 0 Å². The van der Waals surface area contributed by atoms with E-state index >= 15 is 0 Å². The molecule has 3 heteroatoms. The Labute approximate surface area is 103 Å². The number of carboxylic acid groups (broad SMARTS) is 1. The van der Waals surface area contributed by atoms with Gasteiger partial charge in [-0.3, -0.25) is 4.79 Å². The number of hydrogen-bond donors (Lipinski definition) is 2. The Hall–Kier alpha value is -1.35. The summed E-state index contributed by atoms with van der Waals surface area (Å²) in [6.07, 6.45) is 0.613. The smallest absolute Gasteiger partial charge is 0.305 e. The Kier molecular flexibility index (Phi) is 8.07. The summed E-state index contributed by atoms with van der Waals surface area (Å²) in [6.45, 7) is 6.12. The SMILES string of the molecule is CCCC(O)CC(=O)O.Cc1cccc(C)c1. The third-order valence-corrected chi connectivity index (χ3v) is 2.21. The van der Waals surface area contributed by atoms with Gasteiger partial charge in [-0.25, -0.2) is 0 Å². The van der Waals surface area contributed by atoms with Gasteiger partial charge < -0.3 is 10.2 Å². The van der Waals surface area contributed by atoms with Gasteiger partial charge in [0.1, 0.15) is 0 Å². The van der Waals surface area contributed by atoms with E-state index in [9.17, 15) is 4.79 Å². The molecule has 0 heterocycles. The highest BCUT2D eigenvalue weighted by Gasteiger charge is 2.06. The average molecular weight is 238 g/mol. The zero-order chi connectivity index (χ0) is 13.3. The van der Waals surface area contributed by atoms with Gasteiger partial charge in [-0.05, 0) is 20.3 Å². The van der Waals surface area contributed by atoms with Crippen molar-refractivity contribution in [1.82, 2.24) is 0 Å². The first-order valence-corrected chi connectivity index (χ1v) is 5.88. The molecule has 0 saturated heterocycles. The molecule has 0 fully saturated rings. The van der Waals surface area contributed by atoms with Crippen LogP contribution in [0.2, 0.25) is 0 Å². The fourth-order valence-corrected chi connectivity index (χ4v) is 1.44. The van der Waals surface area contributed by atoms with Crippen molar-refractivity contribution in [3.63, 3.8) is 0 Å². The van der Waals surface area contributed by atoms with Crippen molar-refractivity contribution in [2.45, 2.75) is 46.1 Å². The van der Waals surface area contributed by atoms with Crippen LogP contribution >= 0.6 is 0 Å². The van der Waals surface area contributed by atoms with Crippen molar-refractivity contribution in [3.8, 4) is 0 Å². The quantitative estimate of drug-likeness (QED) is 0.848. The number of carboxylic acids is 1. The van der Waals surface area contributed by atoms with Crippen molar-refractivity contribution in [2.24, 2.45) is 0 Å². The third kappa shape index (κ3) is 9.57. The Morgan fingerprint density at radius 1 is 1.29 bits per heavy atom. The summed E-state index contributed by atoms with van der Waals surface area (Å²) in [4.78, 5) is 9.92. The highest BCUT2D eigenvalue weighted by molar-refractivity contribution is 5.67. The van der Waals surface area contributed by atoms with Crippen LogP contribution in [0.15, 0.2) is 24.3 Å². The van der Waals surface area contributed by atoms with Crippen LogP contribution in [0, 0.1) is 13.8 Å². The minimum absolute atomic E-state index is 0.131. The van der Waals surface area contributed by atoms with E-state index in [0.29, 0.717) is 6.42 Å². The molecule has 1 aromatic rings. The normalized spacial score (nSPS) is 11.3. The minimum Gasteiger partial charge on any atom is -0.481 e. The topological polar surface area (TPSA) is 57.5 Å². The lowest BCUT2D eigenvalue weighted by atomic mass is 10.1. The molecule has 1 rings (SSSR count). The molecule has 3 nitrogen and oxygen atoms in total. The lowest BCUT2D eigenvalue weighted by Gasteiger charge is -2.03. The van der Waals surface area contributed by atoms with Crippen LogP contribution in [-0.4, -0.2) is 22.3 Å². The molecule has 96 valence electrons. The van der Waals surface area contributed by atoms with Gasteiger partial charge in [0.05, 0.1) is 12.5 Å². The molecule has 17 heavy (non-hydrogen) atoms. The van der Waals surface area contributed by atoms with E-state index in [4.69, 9.17) is 10.2 Å². The van der Waals surface area contributed by atoms with Gasteiger partial charge in [0, 0.05) is 0 Å². The summed E-state index contributed by atoms with van der Waals surface area (Å²) in [5.74, 6) is -0.934. The zero-order valence-corrected chi connectivity index (χ0v) is 10.8. The summed E-state index contributed by atoms with van der Waals surface area (Å²) in [5, 5.41) is 17.0. The molecule has 0 aromatic heterocycles. The number of benzene rings is 1. The molecule has 0 aliphatic carbocycles. The van der Waals surface area contributed by atoms with Crippen LogP contribution in [0.4, 0.5) is 0 Å². The van der Waals surface area contributed by atoms with Crippen LogP contribution in [0.1, 0.15) is 37.3 Å². The van der Waals surface area contributed by atoms with Gasteiger partial charge >= 0.3 is 5.97 Å². The largest absolute Gasteiger partial charge is 0.481 e. The lowest BCUT2D eigenvalue weighted by Crippen LogP contribution is -2.11. The van der Waals surface area contributed by atoms with E-state index in [-0.39, 0.29) is 6.42 Å². The maximum Gasteiger partial charge on any atom is 0.305 e. The maximum atomic E-state index is 9.92. The van der Waals surface area contributed by atoms with Crippen molar-refractivity contribution in [1.29, 1.82) is 0 Å². The standard InChI is InChI=1S/C8H10.C6H12O3/c1-7-4-3-5-8(2)6-7;1-2-3-5(7)4-6(8)9/h3-6H,1-2H3;5,7H,2-4H2,1H3,(H,8,9). The molecular weight excluding hydrogens is 216 g/mol. The number of rotatable bonds is 4. The molecule has 0 aliphatic heterocycles. The summed E-state index contributed by atoms with van der Waals surface area (Å²) in [5.41, 5.74) is 2.68. The Morgan fingerprint density at radius 3 is 2.12 bits per heavy atom. The Morgan fingerprint density at radius 2 is 1.82 bits per heavy atom. The van der Waals surface area contributed by atoms with E-state index in [1.807, 2.05) is 6.92 Å². The molecule has 0 radical (unpaired) electrons. The third-order valence-electron chi connectivity index (χ3n) is 2.21. The molecule has 0 spiro atoms. The molecular formula is C14H22O3. The van der Waals surface area contributed by atoms with Crippen molar-refractivity contribution in [3.05, 3.63) is 35.4 Å². The molecule has 1 unspecified atom stereocenters. The highest BCUT2D eigenvalue weighted by Crippen LogP contribution is 2.00. The Bertz CT molecular complexity index is 317. The number of carbonyl (C=O) groups is 1. The van der Waals surface area contributed by atoms with Crippen LogP contribution < -0.4 is 0 Å². The second kappa shape index (κ2) is 8.76. The van der Waals surface area contributed by atoms with E-state index in [0.717, 1.165) is 6.42 Å². The molecule has 1 aromatic carbocycles. The van der Waals surface area contributed by atoms with Crippen LogP contribution in [0.25, 0.3) is 0 Å². The van der Waals surface area contributed by atoms with E-state index < -0.39 is 12.1 Å². The van der Waals surface area contributed by atoms with E-state index in [1.54, 1.807) is 0 Å².